The van der Waals surface area contributed by atoms with Gasteiger partial charge in [-0.2, -0.15) is 4.99 Å². The molecular weight excluding hydrogens is 387 g/mol. The predicted octanol–water partition coefficient (Wildman–Crippen LogP) is 3.13. The third-order valence-corrected chi connectivity index (χ3v) is 7.99. The number of fused-ring (bicyclic) bond motifs is 1. The molecule has 0 aliphatic carbocycles. The zero-order valence-corrected chi connectivity index (χ0v) is 16.2. The number of amides is 1. The minimum absolute atomic E-state index is 0.0177. The van der Waals surface area contributed by atoms with E-state index in [-0.39, 0.29) is 39.6 Å². The third kappa shape index (κ3) is 3.71. The van der Waals surface area contributed by atoms with Crippen LogP contribution < -0.4 is 4.90 Å². The van der Waals surface area contributed by atoms with Gasteiger partial charge >= 0.3 is 0 Å². The molecule has 2 heterocycles. The van der Waals surface area contributed by atoms with E-state index in [0.29, 0.717) is 17.3 Å². The Hall–Kier alpha value is -1.12. The van der Waals surface area contributed by atoms with E-state index in [1.807, 2.05) is 6.92 Å². The fourth-order valence-electron chi connectivity index (χ4n) is 2.88. The summed E-state index contributed by atoms with van der Waals surface area (Å²) in [6.07, 6.45) is 0.671. The predicted molar refractivity (Wildman–Crippen MR) is 99.6 cm³/mol. The van der Waals surface area contributed by atoms with Gasteiger partial charge in [0.1, 0.15) is 5.82 Å². The number of rotatable bonds is 3. The molecule has 0 aromatic heterocycles. The zero-order chi connectivity index (χ0) is 18.4. The number of benzene rings is 1. The number of aliphatic imine (C=N–C) groups is 1. The van der Waals surface area contributed by atoms with Gasteiger partial charge in [-0.3, -0.25) is 4.79 Å². The van der Waals surface area contributed by atoms with Crippen LogP contribution in [0.4, 0.5) is 10.1 Å². The van der Waals surface area contributed by atoms with Crippen molar-refractivity contribution < 1.29 is 17.6 Å². The summed E-state index contributed by atoms with van der Waals surface area (Å²) in [6, 6.07) is 3.86. The number of carbonyl (C=O) groups is 1. The van der Waals surface area contributed by atoms with Crippen LogP contribution in [-0.4, -0.2) is 42.3 Å². The average Bonchev–Trinajstić information content (AvgIpc) is 3.00. The quantitative estimate of drug-likeness (QED) is 0.774. The minimum atomic E-state index is -3.15. The number of hydrogen-bond donors (Lipinski definition) is 0. The molecule has 0 unspecified atom stereocenters. The first-order valence-corrected chi connectivity index (χ1v) is 11.0. The molecule has 1 amide bonds. The minimum Gasteiger partial charge on any atom is -0.316 e. The highest BCUT2D eigenvalue weighted by molar-refractivity contribution is 8.16. The molecule has 2 saturated heterocycles. The Kier molecular flexibility index (Phi) is 5.14. The van der Waals surface area contributed by atoms with Gasteiger partial charge in [-0.25, -0.2) is 12.8 Å². The lowest BCUT2D eigenvalue weighted by molar-refractivity contribution is -0.121. The summed E-state index contributed by atoms with van der Waals surface area (Å²) in [7, 11) is -3.15. The van der Waals surface area contributed by atoms with Gasteiger partial charge in [0.2, 0.25) is 0 Å². The number of sulfone groups is 1. The molecule has 0 bridgehead atoms. The van der Waals surface area contributed by atoms with E-state index >= 15 is 0 Å². The molecule has 2 fully saturated rings. The Morgan fingerprint density at radius 1 is 1.48 bits per heavy atom. The summed E-state index contributed by atoms with van der Waals surface area (Å²) < 4.78 is 37.5. The molecular formula is C16H18ClFN2O3S2. The first-order chi connectivity index (χ1) is 11.7. The van der Waals surface area contributed by atoms with Gasteiger partial charge in [-0.05, 0) is 24.6 Å². The molecule has 5 nitrogen and oxygen atoms in total. The van der Waals surface area contributed by atoms with Crippen molar-refractivity contribution in [3.8, 4) is 0 Å². The SMILES string of the molecule is CC[C@@H](C)C(=O)N=C1S[C@H]2CS(=O)(=O)C[C@@H]2N1c1ccc(F)c(Cl)c1. The molecule has 2 aliphatic rings. The van der Waals surface area contributed by atoms with Crippen molar-refractivity contribution in [2.45, 2.75) is 31.6 Å². The molecule has 0 N–H and O–H groups in total. The molecule has 0 spiro atoms. The zero-order valence-electron chi connectivity index (χ0n) is 13.8. The Morgan fingerprint density at radius 2 is 2.20 bits per heavy atom. The Balaban J connectivity index is 2.02. The second-order valence-electron chi connectivity index (χ2n) is 6.31. The van der Waals surface area contributed by atoms with Crippen LogP contribution in [-0.2, 0) is 14.6 Å². The Bertz CT molecular complexity index is 844. The van der Waals surface area contributed by atoms with Crippen molar-refractivity contribution in [3.05, 3.63) is 29.0 Å². The molecule has 9 heteroatoms. The smallest absolute Gasteiger partial charge is 0.250 e. The number of carbonyl (C=O) groups excluding carboxylic acids is 1. The second-order valence-corrected chi connectivity index (χ2v) is 10.1. The number of nitrogens with zero attached hydrogens (tertiary/aromatic N) is 2. The van der Waals surface area contributed by atoms with E-state index in [1.54, 1.807) is 11.8 Å². The number of amidine groups is 1. The van der Waals surface area contributed by atoms with Gasteiger partial charge in [-0.15, -0.1) is 0 Å². The molecule has 1 aromatic carbocycles. The van der Waals surface area contributed by atoms with Gasteiger partial charge in [0, 0.05) is 16.9 Å². The maximum absolute atomic E-state index is 13.5. The van der Waals surface area contributed by atoms with E-state index < -0.39 is 15.7 Å². The first kappa shape index (κ1) is 18.7. The summed E-state index contributed by atoms with van der Waals surface area (Å²) in [5.74, 6) is -0.982. The average molecular weight is 405 g/mol. The lowest BCUT2D eigenvalue weighted by atomic mass is 10.1. The number of halogens is 2. The lowest BCUT2D eigenvalue weighted by Crippen LogP contribution is -2.37. The largest absolute Gasteiger partial charge is 0.316 e. The lowest BCUT2D eigenvalue weighted by Gasteiger charge is -2.25. The molecule has 2 aliphatic heterocycles. The summed E-state index contributed by atoms with van der Waals surface area (Å²) in [5, 5.41) is 0.203. The van der Waals surface area contributed by atoms with E-state index in [1.165, 1.54) is 30.0 Å². The summed E-state index contributed by atoms with van der Waals surface area (Å²) in [5.41, 5.74) is 0.541. The summed E-state index contributed by atoms with van der Waals surface area (Å²) in [4.78, 5) is 18.2. The van der Waals surface area contributed by atoms with Crippen LogP contribution in [0.5, 0.6) is 0 Å². The molecule has 0 radical (unpaired) electrons. The van der Waals surface area contributed by atoms with Crippen LogP contribution in [0.25, 0.3) is 0 Å². The Labute approximate surface area is 155 Å². The van der Waals surface area contributed by atoms with Gasteiger partial charge < -0.3 is 4.90 Å². The molecule has 0 saturated carbocycles. The van der Waals surface area contributed by atoms with Crippen LogP contribution in [0, 0.1) is 11.7 Å². The summed E-state index contributed by atoms with van der Waals surface area (Å²) in [6.45, 7) is 3.71. The molecule has 136 valence electrons. The van der Waals surface area contributed by atoms with Crippen molar-refractivity contribution in [1.82, 2.24) is 0 Å². The Morgan fingerprint density at radius 3 is 2.84 bits per heavy atom. The van der Waals surface area contributed by atoms with Crippen LogP contribution in [0.3, 0.4) is 0 Å². The normalized spacial score (nSPS) is 27.5. The fraction of sp³-hybridized carbons (Fsp3) is 0.500. The van der Waals surface area contributed by atoms with E-state index in [2.05, 4.69) is 4.99 Å². The van der Waals surface area contributed by atoms with Crippen molar-refractivity contribution in [1.29, 1.82) is 0 Å². The van der Waals surface area contributed by atoms with Crippen LogP contribution >= 0.6 is 23.4 Å². The van der Waals surface area contributed by atoms with E-state index in [4.69, 9.17) is 11.6 Å². The topological polar surface area (TPSA) is 66.8 Å². The second kappa shape index (κ2) is 6.89. The standard InChI is InChI=1S/C16H18ClFN2O3S2/c1-3-9(2)15(21)19-16-20(10-4-5-12(18)11(17)6-10)13-7-25(22,23)8-14(13)24-16/h4-6,9,13-14H,3,7-8H2,1-2H3/t9-,13+,14+/m1/s1. The molecule has 3 atom stereocenters. The highest BCUT2D eigenvalue weighted by Crippen LogP contribution is 2.41. The highest BCUT2D eigenvalue weighted by Gasteiger charge is 2.49. The fourth-order valence-corrected chi connectivity index (χ4v) is 6.97. The van der Waals surface area contributed by atoms with E-state index in [0.717, 1.165) is 0 Å². The van der Waals surface area contributed by atoms with Gasteiger partial charge in [-0.1, -0.05) is 37.2 Å². The van der Waals surface area contributed by atoms with Crippen molar-refractivity contribution >= 4 is 50.0 Å². The van der Waals surface area contributed by atoms with Gasteiger partial charge in [0.15, 0.2) is 15.0 Å². The maximum atomic E-state index is 13.5. The maximum Gasteiger partial charge on any atom is 0.250 e. The van der Waals surface area contributed by atoms with Crippen molar-refractivity contribution in [2.24, 2.45) is 10.9 Å². The number of anilines is 1. The highest BCUT2D eigenvalue weighted by atomic mass is 35.5. The van der Waals surface area contributed by atoms with Gasteiger partial charge in [0.05, 0.1) is 22.6 Å². The van der Waals surface area contributed by atoms with Crippen LogP contribution in [0.15, 0.2) is 23.2 Å². The van der Waals surface area contributed by atoms with E-state index in [9.17, 15) is 17.6 Å². The van der Waals surface area contributed by atoms with Crippen LogP contribution in [0.1, 0.15) is 20.3 Å². The number of thioether (sulfide) groups is 1. The molecule has 3 rings (SSSR count). The number of hydrogen-bond acceptors (Lipinski definition) is 4. The monoisotopic (exact) mass is 404 g/mol. The van der Waals surface area contributed by atoms with Crippen LogP contribution in [0.2, 0.25) is 5.02 Å². The molecule has 1 aromatic rings. The third-order valence-electron chi connectivity index (χ3n) is 4.49. The first-order valence-electron chi connectivity index (χ1n) is 7.95. The molecule has 25 heavy (non-hydrogen) atoms. The van der Waals surface area contributed by atoms with Crippen molar-refractivity contribution in [3.63, 3.8) is 0 Å². The van der Waals surface area contributed by atoms with Gasteiger partial charge in [0.25, 0.3) is 5.91 Å². The van der Waals surface area contributed by atoms with Crippen molar-refractivity contribution in [2.75, 3.05) is 16.4 Å². The summed E-state index contributed by atoms with van der Waals surface area (Å²) >= 11 is 7.18.